The highest BCUT2D eigenvalue weighted by Gasteiger charge is 2.19. The average molecular weight is 701 g/mol. The summed E-state index contributed by atoms with van der Waals surface area (Å²) in [5, 5.41) is 40.8. The van der Waals surface area contributed by atoms with Gasteiger partial charge in [-0.1, -0.05) is 64.3 Å². The number of amides is 2. The van der Waals surface area contributed by atoms with E-state index < -0.39 is 61.9 Å². The molecule has 0 spiro atoms. The lowest BCUT2D eigenvalue weighted by atomic mass is 9.96. The third-order valence-electron chi connectivity index (χ3n) is 7.33. The van der Waals surface area contributed by atoms with Gasteiger partial charge in [-0.3, -0.25) is 38.6 Å². The molecule has 50 heavy (non-hydrogen) atoms. The molecule has 276 valence electrons. The second-order valence-electron chi connectivity index (χ2n) is 11.9. The third-order valence-corrected chi connectivity index (χ3v) is 7.33. The molecular weight excluding hydrogens is 648 g/mol. The zero-order valence-corrected chi connectivity index (χ0v) is 29.3. The van der Waals surface area contributed by atoms with Gasteiger partial charge < -0.3 is 31.1 Å². The highest BCUT2D eigenvalue weighted by molar-refractivity contribution is 5.94. The molecule has 0 bridgehead atoms. The van der Waals surface area contributed by atoms with Crippen LogP contribution < -0.4 is 10.6 Å². The maximum atomic E-state index is 12.4. The minimum absolute atomic E-state index is 0.287. The van der Waals surface area contributed by atoms with Crippen molar-refractivity contribution in [3.63, 3.8) is 0 Å². The Morgan fingerprint density at radius 2 is 1.02 bits per heavy atom. The summed E-state index contributed by atoms with van der Waals surface area (Å²) in [5.41, 5.74) is 4.79. The Kier molecular flexibility index (Phi) is 21.0. The summed E-state index contributed by atoms with van der Waals surface area (Å²) in [5.74, 6) is -5.56. The Hall–Kier alpha value is -4.82. The molecule has 0 aliphatic rings. The van der Waals surface area contributed by atoms with Gasteiger partial charge in [-0.25, -0.2) is 0 Å². The van der Waals surface area contributed by atoms with Crippen molar-refractivity contribution in [1.82, 2.24) is 9.80 Å². The van der Waals surface area contributed by atoms with Crippen LogP contribution in [0.3, 0.4) is 0 Å². The predicted molar refractivity (Wildman–Crippen MR) is 189 cm³/mol. The van der Waals surface area contributed by atoms with Crippen molar-refractivity contribution < 1.29 is 49.2 Å². The van der Waals surface area contributed by atoms with Crippen molar-refractivity contribution in [3.8, 4) is 0 Å². The van der Waals surface area contributed by atoms with Crippen molar-refractivity contribution in [2.45, 2.75) is 78.6 Å². The molecule has 6 N–H and O–H groups in total. The van der Waals surface area contributed by atoms with E-state index in [1.165, 1.54) is 5.56 Å². The van der Waals surface area contributed by atoms with Crippen LogP contribution in [0.25, 0.3) is 0 Å². The number of rotatable bonds is 23. The van der Waals surface area contributed by atoms with E-state index in [2.05, 4.69) is 37.5 Å². The summed E-state index contributed by atoms with van der Waals surface area (Å²) in [7, 11) is 0. The van der Waals surface area contributed by atoms with Gasteiger partial charge in [0, 0.05) is 11.4 Å². The first-order valence-electron chi connectivity index (χ1n) is 16.9. The number of anilines is 2. The molecule has 0 aromatic heterocycles. The van der Waals surface area contributed by atoms with Crippen LogP contribution in [0.5, 0.6) is 0 Å². The van der Waals surface area contributed by atoms with E-state index in [0.29, 0.717) is 5.69 Å². The monoisotopic (exact) mass is 700 g/mol. The van der Waals surface area contributed by atoms with Crippen LogP contribution in [0.1, 0.15) is 76.0 Å². The zero-order chi connectivity index (χ0) is 37.5. The Bertz CT molecular complexity index is 1380. The predicted octanol–water partition coefficient (Wildman–Crippen LogP) is 4.22. The van der Waals surface area contributed by atoms with Gasteiger partial charge in [-0.05, 0) is 73.4 Å². The first-order valence-corrected chi connectivity index (χ1v) is 16.9. The first kappa shape index (κ1) is 43.2. The van der Waals surface area contributed by atoms with Crippen LogP contribution in [0, 0.1) is 0 Å². The highest BCUT2D eigenvalue weighted by Crippen LogP contribution is 2.24. The maximum Gasteiger partial charge on any atom is 0.317 e. The quantitative estimate of drug-likeness (QED) is 0.0962. The number of carboxylic acid groups (broad SMARTS) is 4. The number of carboxylic acids is 4. The third kappa shape index (κ3) is 19.2. The second-order valence-corrected chi connectivity index (χ2v) is 11.9. The van der Waals surface area contributed by atoms with Crippen LogP contribution >= 0.6 is 0 Å². The number of carbonyl (C=O) groups is 6. The van der Waals surface area contributed by atoms with Crippen LogP contribution in [-0.4, -0.2) is 105 Å². The number of benzene rings is 2. The molecule has 0 atom stereocenters. The van der Waals surface area contributed by atoms with Gasteiger partial charge in [0.25, 0.3) is 0 Å². The van der Waals surface area contributed by atoms with E-state index in [0.717, 1.165) is 84.4 Å². The zero-order valence-electron chi connectivity index (χ0n) is 29.3. The van der Waals surface area contributed by atoms with Gasteiger partial charge in [-0.15, -0.1) is 0 Å². The molecule has 14 nitrogen and oxygen atoms in total. The molecule has 2 aromatic carbocycles. The van der Waals surface area contributed by atoms with Gasteiger partial charge in [-0.2, -0.15) is 0 Å². The fourth-order valence-corrected chi connectivity index (χ4v) is 5.08. The fraction of sp³-hybridized carbons (Fsp3) is 0.500. The molecule has 0 unspecified atom stereocenters. The molecule has 0 heterocycles. The number of unbranched alkanes of at least 4 members (excludes halogenated alkanes) is 3. The Balaban J connectivity index is 0.000000506. The van der Waals surface area contributed by atoms with Gasteiger partial charge >= 0.3 is 23.9 Å². The Morgan fingerprint density at radius 1 is 0.560 bits per heavy atom. The Morgan fingerprint density at radius 3 is 1.52 bits per heavy atom. The van der Waals surface area contributed by atoms with Crippen molar-refractivity contribution in [2.75, 3.05) is 49.9 Å². The average Bonchev–Trinajstić information content (AvgIpc) is 3.01. The molecule has 0 radical (unpaired) electrons. The fourth-order valence-electron chi connectivity index (χ4n) is 5.08. The summed E-state index contributed by atoms with van der Waals surface area (Å²) in [6, 6.07) is 13.3. The Labute approximate surface area is 293 Å². The van der Waals surface area contributed by atoms with Crippen LogP contribution in [0.15, 0.2) is 42.5 Å². The molecule has 0 fully saturated rings. The van der Waals surface area contributed by atoms with Crippen LogP contribution in [-0.2, 0) is 48.0 Å². The van der Waals surface area contributed by atoms with E-state index in [-0.39, 0.29) is 13.1 Å². The van der Waals surface area contributed by atoms with Crippen molar-refractivity contribution >= 4 is 47.1 Å². The standard InChI is InChI=1S/C20H30N2O5.C16H22N2O5/c1-3-5-8-15-9-7-11-17(16(15)10-6-4-2)21-18(23)12-22(13-19(24)25)14-20(26)27;1-2-3-5-12-6-4-7-13(8-12)17-14(19)9-18(10-15(20)21)11-16(22)23/h7,9,11H,3-6,8,10,12-14H2,1-2H3,(H,21,23)(H,24,25)(H,26,27);4,6-8H,2-3,5,9-11H2,1H3,(H,17,19)(H,20,21)(H,22,23). The summed E-state index contributed by atoms with van der Waals surface area (Å²) < 4.78 is 0. The molecule has 0 saturated heterocycles. The van der Waals surface area contributed by atoms with E-state index >= 15 is 0 Å². The summed E-state index contributed by atoms with van der Waals surface area (Å²) in [6.07, 6.45) is 9.08. The topological polar surface area (TPSA) is 214 Å². The summed E-state index contributed by atoms with van der Waals surface area (Å²) >= 11 is 0. The molecule has 14 heteroatoms. The summed E-state index contributed by atoms with van der Waals surface area (Å²) in [6.45, 7) is 3.76. The lowest BCUT2D eigenvalue weighted by molar-refractivity contribution is -0.144. The van der Waals surface area contributed by atoms with E-state index in [1.54, 1.807) is 6.07 Å². The molecule has 2 rings (SSSR count). The molecule has 0 saturated carbocycles. The lowest BCUT2D eigenvalue weighted by Crippen LogP contribution is -2.40. The van der Waals surface area contributed by atoms with E-state index in [4.69, 9.17) is 20.4 Å². The van der Waals surface area contributed by atoms with Gasteiger partial charge in [0.15, 0.2) is 0 Å². The molecule has 0 aliphatic heterocycles. The van der Waals surface area contributed by atoms with Crippen molar-refractivity contribution in [3.05, 3.63) is 59.2 Å². The minimum Gasteiger partial charge on any atom is -0.480 e. The second kappa shape index (κ2) is 24.3. The SMILES string of the molecule is CCCCc1cccc(NC(=O)CN(CC(=O)O)CC(=O)O)c1.CCCCc1cccc(NC(=O)CN(CC(=O)O)CC(=O)O)c1CCCC. The normalized spacial score (nSPS) is 10.7. The largest absolute Gasteiger partial charge is 0.480 e. The molecule has 2 amide bonds. The van der Waals surface area contributed by atoms with Crippen LogP contribution in [0.2, 0.25) is 0 Å². The molecule has 2 aromatic rings. The number of nitrogens with one attached hydrogen (secondary N) is 2. The van der Waals surface area contributed by atoms with Gasteiger partial charge in [0.2, 0.25) is 11.8 Å². The van der Waals surface area contributed by atoms with Crippen molar-refractivity contribution in [1.29, 1.82) is 0 Å². The number of aryl methyl sites for hydroxylation is 2. The maximum absolute atomic E-state index is 12.4. The van der Waals surface area contributed by atoms with E-state index in [9.17, 15) is 28.8 Å². The highest BCUT2D eigenvalue weighted by atomic mass is 16.4. The lowest BCUT2D eigenvalue weighted by Gasteiger charge is -2.19. The number of aliphatic carboxylic acids is 4. The number of hydrogen-bond donors (Lipinski definition) is 6. The number of carbonyl (C=O) groups excluding carboxylic acids is 2. The van der Waals surface area contributed by atoms with Crippen LogP contribution in [0.4, 0.5) is 11.4 Å². The van der Waals surface area contributed by atoms with Crippen molar-refractivity contribution in [2.24, 2.45) is 0 Å². The first-order chi connectivity index (χ1) is 23.8. The number of hydrogen-bond acceptors (Lipinski definition) is 8. The molecule has 0 aliphatic carbocycles. The van der Waals surface area contributed by atoms with E-state index in [1.807, 2.05) is 30.3 Å². The number of nitrogens with zero attached hydrogens (tertiary/aromatic N) is 2. The minimum atomic E-state index is -1.18. The summed E-state index contributed by atoms with van der Waals surface area (Å²) in [4.78, 5) is 69.7. The molecular formula is C36H52N4O10. The van der Waals surface area contributed by atoms with Gasteiger partial charge in [0.1, 0.15) is 0 Å². The smallest absolute Gasteiger partial charge is 0.317 e. The van der Waals surface area contributed by atoms with Gasteiger partial charge in [0.05, 0.1) is 39.3 Å².